The summed E-state index contributed by atoms with van der Waals surface area (Å²) in [4.78, 5) is 38.0. The van der Waals surface area contributed by atoms with Gasteiger partial charge < -0.3 is 30.6 Å². The van der Waals surface area contributed by atoms with Gasteiger partial charge in [0.15, 0.2) is 0 Å². The van der Waals surface area contributed by atoms with Gasteiger partial charge in [-0.3, -0.25) is 9.59 Å². The molecule has 16 atom stereocenters. The summed E-state index contributed by atoms with van der Waals surface area (Å²) in [6, 6.07) is 0. The van der Waals surface area contributed by atoms with E-state index < -0.39 is 58.7 Å². The Morgan fingerprint density at radius 2 is 0.875 bits per heavy atom. The molecule has 4 bridgehead atoms. The maximum absolute atomic E-state index is 13.1. The van der Waals surface area contributed by atoms with E-state index in [2.05, 4.69) is 54.7 Å². The molecular weight excluding hydrogens is 1510 g/mol. The van der Waals surface area contributed by atoms with Crippen molar-refractivity contribution in [2.45, 2.75) is 165 Å². The summed E-state index contributed by atoms with van der Waals surface area (Å²) in [6.07, 6.45) is 8.70. The van der Waals surface area contributed by atoms with E-state index in [9.17, 15) is 34.8 Å². The van der Waals surface area contributed by atoms with Crippen LogP contribution in [0.3, 0.4) is 0 Å². The van der Waals surface area contributed by atoms with Gasteiger partial charge in [-0.25, -0.2) is 4.79 Å². The van der Waals surface area contributed by atoms with Crippen LogP contribution in [0, 0.1) is 68.0 Å². The number of aliphatic hydroxyl groups excluding tert-OH is 4. The fourth-order valence-electron chi connectivity index (χ4n) is 13.3. The summed E-state index contributed by atoms with van der Waals surface area (Å²) in [7, 11) is 40.0. The molecule has 6 fully saturated rings. The number of carbonyl (C=O) groups is 3. The third kappa shape index (κ3) is 21.3. The van der Waals surface area contributed by atoms with Crippen LogP contribution >= 0.6 is 0 Å². The molecule has 0 aromatic carbocycles. The summed E-state index contributed by atoms with van der Waals surface area (Å²) in [5, 5.41) is 42.9. The first-order chi connectivity index (χ1) is 36.6. The number of Topliss-reactive ketones (excluding diaryl/α,β-unsaturated/α-hetero) is 2. The number of aliphatic hydroxyl groups is 4. The van der Waals surface area contributed by atoms with Crippen molar-refractivity contribution in [3.05, 3.63) is 25.3 Å². The molecule has 6 saturated carbocycles. The second-order valence-electron chi connectivity index (χ2n) is 20.4. The Balaban J connectivity index is 0.00000113. The molecule has 6 aliphatic carbocycles. The fraction of sp³-hybridized carbons (Fsp3) is 0.844. The van der Waals surface area contributed by atoms with E-state index in [1.54, 1.807) is 130 Å². The molecule has 0 aromatic heterocycles. The Morgan fingerprint density at radius 3 is 1.19 bits per heavy atom. The first kappa shape index (κ1) is 84.6. The van der Waals surface area contributed by atoms with E-state index in [0.29, 0.717) is 37.4 Å². The van der Waals surface area contributed by atoms with Crippen molar-refractivity contribution in [3.8, 4) is 0 Å². The molecule has 6 aliphatic rings. The van der Waals surface area contributed by atoms with Gasteiger partial charge in [0, 0.05) is 273 Å². The molecule has 0 aliphatic heterocycles. The molecule has 35 heteroatoms. The van der Waals surface area contributed by atoms with Crippen molar-refractivity contribution in [2.75, 3.05) is 6.61 Å². The molecule has 0 radical (unpaired) electrons. The Kier molecular flexibility index (Phi) is 44.4. The average molecular weight is 1590 g/mol. The summed E-state index contributed by atoms with van der Waals surface area (Å²) in [5.74, 6) is 0.0238. The van der Waals surface area contributed by atoms with E-state index in [1.165, 1.54) is 17.8 Å². The Labute approximate surface area is 574 Å². The van der Waals surface area contributed by atoms with Crippen LogP contribution in [0.5, 0.6) is 0 Å². The van der Waals surface area contributed by atoms with E-state index >= 15 is 0 Å². The second-order valence-corrected chi connectivity index (χ2v) is 61.1. The van der Waals surface area contributed by atoms with Gasteiger partial charge >= 0.3 is 35.5 Å². The molecule has 462 valence electrons. The smallest absolute Gasteiger partial charge is 0.870 e. The van der Waals surface area contributed by atoms with Crippen molar-refractivity contribution in [1.29, 1.82) is 0 Å². The van der Waals surface area contributed by atoms with Crippen LogP contribution in [-0.2, 0) is 246 Å². The summed E-state index contributed by atoms with van der Waals surface area (Å²) in [5.41, 5.74) is -2.50. The predicted octanol–water partition coefficient (Wildman–Crippen LogP) is 4.66. The van der Waals surface area contributed by atoms with E-state index in [0.717, 1.165) is 38.5 Å². The molecule has 0 saturated heterocycles. The van der Waals surface area contributed by atoms with Crippen molar-refractivity contribution in [1.82, 2.24) is 0 Å². The molecule has 5 N–H and O–H groups in total. The molecule has 0 aromatic rings. The minimum Gasteiger partial charge on any atom is -0.870 e. The fourth-order valence-corrected chi connectivity index (χ4v) is 70.9. The van der Waals surface area contributed by atoms with Crippen LogP contribution in [0.2, 0.25) is 0 Å². The summed E-state index contributed by atoms with van der Waals surface area (Å²) >= 11 is 9.55. The maximum Gasteiger partial charge on any atom is 1.00 e. The van der Waals surface area contributed by atoms with Gasteiger partial charge in [0.25, 0.3) is 0 Å². The second kappa shape index (κ2) is 41.9. The third-order valence-electron chi connectivity index (χ3n) is 17.6. The van der Waals surface area contributed by atoms with E-state index in [1.807, 2.05) is 95.9 Å². The minimum atomic E-state index is -0.686. The summed E-state index contributed by atoms with van der Waals surface area (Å²) in [6.45, 7) is 27.9. The van der Waals surface area contributed by atoms with E-state index in [4.69, 9.17) is 27.1 Å². The molecule has 9 nitrogen and oxygen atoms in total. The SMILES string of the molecule is C.C=C[C@]1(C)C[C@@H](O)[C@@]2(C)C3C(=O)CC[C@@]3(CC[C@H]2C)[C@@H](C)[C@@H]1O.C=C[C@]1(C)C[C@@H](OC(=O)CO)[C@@]2(C)C3C(=O)CC[C@@]3(CC[C@H]2C)[C@@H](C)[C@@H]1O.CC.S=S=S=S=S=S=S=S=S=S=S=S=S=S=S=S=S=S=S=S=S=S=S=S=S.[Na+].[OH-]. The van der Waals surface area contributed by atoms with Crippen molar-refractivity contribution in [3.63, 3.8) is 0 Å². The monoisotopic (exact) mass is 1580 g/mol. The number of hydrogen-bond donors (Lipinski definition) is 4. The minimum absolute atomic E-state index is 0. The van der Waals surface area contributed by atoms with Gasteiger partial charge in [0.05, 0.1) is 18.3 Å². The van der Waals surface area contributed by atoms with Gasteiger partial charge in [0.2, 0.25) is 0 Å². The molecular formula is C45H77NaO9S25. The molecule has 2 unspecified atom stereocenters. The van der Waals surface area contributed by atoms with Crippen LogP contribution in [0.25, 0.3) is 0 Å². The first-order valence-electron chi connectivity index (χ1n) is 24.4. The first-order valence-corrected chi connectivity index (χ1v) is 56.4. The van der Waals surface area contributed by atoms with E-state index in [-0.39, 0.29) is 88.7 Å². The molecule has 6 rings (SSSR count). The molecule has 0 spiro atoms. The standard InChI is InChI=1S/C22H34O5.C20H32O3.C2H6.CH4.Na.H2O.S25/c1-6-20(4)11-16(27-17(25)12-23)21(5)13(2)7-9-22(14(3)19(20)26)10-8-15(24)18(21)22;1-6-18(4)11-15(22)19(5)12(2)7-9-20(13(3)17(18)23)10-8-14(21)16(19)20;1-2;;;;1-3-5-7-9-11-13-15-17-19-21-23-25-24-22-20-18-16-14-12-10-8-6-4-2/h6,13-14,16,18-19,23,26H,1,7-12H2,2-5H3;6,12-13,15-17,22-23H,1,7-11H2,2-5H3;1-2H3;1H4;;1H2;/q;;;;+1;;/p-1/t13-,14+,16-,18?,19+,20-,21+,22+;12-,13+,15-,16?,17+,18-,19+,20+;;;;;/m11...../s1. The maximum atomic E-state index is 13.1. The number of hydrogen-bond acceptors (Lipinski definition) is 11. The zero-order valence-corrected chi connectivity index (χ0v) is 68.1. The van der Waals surface area contributed by atoms with Crippen molar-refractivity contribution >= 4 is 244 Å². The number of carbonyl (C=O) groups excluding carboxylic acids is 3. The molecule has 80 heavy (non-hydrogen) atoms. The third-order valence-corrected chi connectivity index (χ3v) is 66.5. The number of rotatable bonds is 4. The number of ketones is 2. The van der Waals surface area contributed by atoms with Crippen LogP contribution in [-0.4, -0.2) is 74.5 Å². The van der Waals surface area contributed by atoms with Gasteiger partial charge in [-0.1, -0.05) is 88.8 Å². The van der Waals surface area contributed by atoms with Gasteiger partial charge in [0.1, 0.15) is 24.3 Å². The number of esters is 1. The normalized spacial score (nSPS) is 35.5. The van der Waals surface area contributed by atoms with Crippen LogP contribution in [0.4, 0.5) is 0 Å². The van der Waals surface area contributed by atoms with Crippen LogP contribution < -0.4 is 29.6 Å². The quantitative estimate of drug-likeness (QED) is 0.176. The van der Waals surface area contributed by atoms with Crippen LogP contribution in [0.15, 0.2) is 25.3 Å². The zero-order valence-electron chi connectivity index (χ0n) is 45.7. The van der Waals surface area contributed by atoms with Crippen LogP contribution in [0.1, 0.15) is 141 Å². The summed E-state index contributed by atoms with van der Waals surface area (Å²) < 4.78 is 5.77. The zero-order chi connectivity index (χ0) is 57.7. The molecule has 0 heterocycles. The topological polar surface area (TPSA) is 171 Å². The van der Waals surface area contributed by atoms with Crippen molar-refractivity contribution in [2.24, 2.45) is 68.0 Å². The predicted molar refractivity (Wildman–Crippen MR) is 397 cm³/mol. The van der Waals surface area contributed by atoms with Gasteiger partial charge in [-0.15, -0.1) is 13.2 Å². The average Bonchev–Trinajstić information content (AvgIpc) is 3.98. The Bertz CT molecular complexity index is 3190. The van der Waals surface area contributed by atoms with Gasteiger partial charge in [-0.2, -0.15) is 0 Å². The largest absolute Gasteiger partial charge is 1.00 e. The Morgan fingerprint density at radius 1 is 0.575 bits per heavy atom. The number of ether oxygens (including phenoxy) is 1. The van der Waals surface area contributed by atoms with Crippen molar-refractivity contribution < 1.29 is 74.6 Å². The Hall–Kier alpha value is 4.59. The van der Waals surface area contributed by atoms with Gasteiger partial charge in [-0.05, 0) is 85.9 Å². The molecule has 0 amide bonds.